The fourth-order valence-corrected chi connectivity index (χ4v) is 0.954. The number of phenols is 1. The Balaban J connectivity index is 2.44. The van der Waals surface area contributed by atoms with Gasteiger partial charge < -0.3 is 10.8 Å². The third-order valence-electron chi connectivity index (χ3n) is 1.65. The average molecular weight is 214 g/mol. The molecule has 0 heterocycles. The van der Waals surface area contributed by atoms with Crippen molar-refractivity contribution in [3.63, 3.8) is 0 Å². The van der Waals surface area contributed by atoms with Gasteiger partial charge in [0.15, 0.2) is 11.6 Å². The van der Waals surface area contributed by atoms with Crippen LogP contribution in [0.2, 0.25) is 0 Å². The molecule has 0 aliphatic heterocycles. The highest BCUT2D eigenvalue weighted by atomic mass is 19.1. The van der Waals surface area contributed by atoms with Crippen molar-refractivity contribution in [1.29, 1.82) is 0 Å². The van der Waals surface area contributed by atoms with Crippen molar-refractivity contribution in [3.05, 3.63) is 29.6 Å². The molecule has 1 rings (SSSR count). The minimum absolute atomic E-state index is 0.0802. The van der Waals surface area contributed by atoms with E-state index in [9.17, 15) is 14.3 Å². The minimum atomic E-state index is -0.704. The Morgan fingerprint density at radius 2 is 2.33 bits per heavy atom. The molecule has 0 spiro atoms. The van der Waals surface area contributed by atoms with Gasteiger partial charge >= 0.3 is 0 Å². The third-order valence-corrected chi connectivity index (χ3v) is 1.65. The highest BCUT2D eigenvalue weighted by molar-refractivity contribution is 5.74. The molecule has 0 fully saturated rings. The van der Waals surface area contributed by atoms with E-state index < -0.39 is 17.5 Å². The van der Waals surface area contributed by atoms with Crippen LogP contribution in [0.4, 0.5) is 4.39 Å². The molecule has 82 valence electrons. The molecule has 15 heavy (non-hydrogen) atoms. The van der Waals surface area contributed by atoms with E-state index in [1.165, 1.54) is 12.1 Å². The number of carbonyl (C=O) groups is 1. The zero-order valence-corrected chi connectivity index (χ0v) is 7.87. The van der Waals surface area contributed by atoms with E-state index in [2.05, 4.69) is 10.3 Å². The summed E-state index contributed by atoms with van der Waals surface area (Å²) in [5, 5.41) is 9.24. The van der Waals surface area contributed by atoms with E-state index in [0.717, 1.165) is 6.07 Å². The predicted octanol–water partition coefficient (Wildman–Crippen LogP) is 0.0378. The Morgan fingerprint density at radius 1 is 1.60 bits per heavy atom. The smallest absolute Gasteiger partial charge is 0.245 e. The second kappa shape index (κ2) is 5.28. The number of amides is 1. The molecule has 1 aromatic carbocycles. The highest BCUT2D eigenvalue weighted by Crippen LogP contribution is 2.19. The molecule has 0 aliphatic carbocycles. The van der Waals surface area contributed by atoms with Crippen LogP contribution >= 0.6 is 0 Å². The number of para-hydroxylation sites is 1. The Labute approximate surface area is 85.6 Å². The number of hydrogen-bond donors (Lipinski definition) is 3. The van der Waals surface area contributed by atoms with Crippen molar-refractivity contribution < 1.29 is 19.1 Å². The molecule has 1 amide bonds. The monoisotopic (exact) mass is 214 g/mol. The van der Waals surface area contributed by atoms with Crippen molar-refractivity contribution in [2.75, 3.05) is 6.61 Å². The van der Waals surface area contributed by atoms with Gasteiger partial charge in [-0.3, -0.25) is 9.63 Å². The summed E-state index contributed by atoms with van der Waals surface area (Å²) in [6.07, 6.45) is 0. The zero-order chi connectivity index (χ0) is 11.3. The first-order valence-corrected chi connectivity index (χ1v) is 4.20. The normalized spacial score (nSPS) is 10.2. The molecule has 0 aromatic heterocycles. The molecule has 0 unspecified atom stereocenters. The maximum absolute atomic E-state index is 12.8. The Bertz CT molecular complexity index is 357. The Hall–Kier alpha value is -1.66. The number of hydrogen-bond acceptors (Lipinski definition) is 4. The predicted molar refractivity (Wildman–Crippen MR) is 50.1 cm³/mol. The van der Waals surface area contributed by atoms with Gasteiger partial charge in [0.05, 0.1) is 0 Å². The van der Waals surface area contributed by atoms with Gasteiger partial charge in [0.1, 0.15) is 6.61 Å². The summed E-state index contributed by atoms with van der Waals surface area (Å²) in [5.74, 6) is -1.76. The number of hydroxylamine groups is 1. The minimum Gasteiger partial charge on any atom is -0.505 e. The summed E-state index contributed by atoms with van der Waals surface area (Å²) in [7, 11) is 0. The number of halogens is 1. The van der Waals surface area contributed by atoms with Gasteiger partial charge in [0, 0.05) is 12.1 Å². The van der Waals surface area contributed by atoms with E-state index >= 15 is 0 Å². The fraction of sp³-hybridized carbons (Fsp3) is 0.222. The fourth-order valence-electron chi connectivity index (χ4n) is 0.954. The largest absolute Gasteiger partial charge is 0.505 e. The van der Waals surface area contributed by atoms with Crippen molar-refractivity contribution in [1.82, 2.24) is 5.48 Å². The summed E-state index contributed by atoms with van der Waals surface area (Å²) in [6, 6.07) is 4.13. The van der Waals surface area contributed by atoms with Crippen molar-refractivity contribution >= 4 is 5.91 Å². The molecule has 5 nitrogen and oxygen atoms in total. The summed E-state index contributed by atoms with van der Waals surface area (Å²) < 4.78 is 12.8. The van der Waals surface area contributed by atoms with Crippen molar-refractivity contribution in [2.45, 2.75) is 6.54 Å². The van der Waals surface area contributed by atoms with Crippen LogP contribution in [0.5, 0.6) is 5.75 Å². The number of nitrogens with two attached hydrogens (primary N) is 1. The van der Waals surface area contributed by atoms with Gasteiger partial charge in [-0.25, -0.2) is 4.39 Å². The van der Waals surface area contributed by atoms with Crippen molar-refractivity contribution in [3.8, 4) is 5.75 Å². The van der Waals surface area contributed by atoms with Crippen LogP contribution in [-0.4, -0.2) is 17.6 Å². The topological polar surface area (TPSA) is 84.6 Å². The number of nitrogens with one attached hydrogen (secondary N) is 1. The van der Waals surface area contributed by atoms with Crippen molar-refractivity contribution in [2.24, 2.45) is 5.73 Å². The van der Waals surface area contributed by atoms with Gasteiger partial charge in [-0.05, 0) is 6.07 Å². The van der Waals surface area contributed by atoms with Crippen LogP contribution in [0.15, 0.2) is 18.2 Å². The first kappa shape index (κ1) is 11.4. The molecule has 0 radical (unpaired) electrons. The molecular weight excluding hydrogens is 203 g/mol. The van der Waals surface area contributed by atoms with Crippen LogP contribution in [0.1, 0.15) is 5.56 Å². The Kier molecular flexibility index (Phi) is 4.02. The van der Waals surface area contributed by atoms with Gasteiger partial charge in [-0.15, -0.1) is 0 Å². The summed E-state index contributed by atoms with van der Waals surface area (Å²) in [4.78, 5) is 14.9. The number of rotatable bonds is 5. The zero-order valence-electron chi connectivity index (χ0n) is 7.87. The van der Waals surface area contributed by atoms with E-state index in [4.69, 9.17) is 5.73 Å². The van der Waals surface area contributed by atoms with E-state index in [0.29, 0.717) is 5.56 Å². The number of primary amides is 1. The van der Waals surface area contributed by atoms with Crippen LogP contribution in [-0.2, 0) is 16.2 Å². The molecule has 0 saturated heterocycles. The second-order valence-corrected chi connectivity index (χ2v) is 2.82. The summed E-state index contributed by atoms with van der Waals surface area (Å²) in [6.45, 7) is -0.201. The van der Waals surface area contributed by atoms with E-state index in [1.807, 2.05) is 0 Å². The molecule has 0 aliphatic rings. The van der Waals surface area contributed by atoms with E-state index in [1.54, 1.807) is 0 Å². The lowest BCUT2D eigenvalue weighted by atomic mass is 10.2. The SMILES string of the molecule is NC(=O)CONCc1cccc(F)c1O. The molecular formula is C9H11FN2O3. The van der Waals surface area contributed by atoms with Gasteiger partial charge in [0.25, 0.3) is 0 Å². The van der Waals surface area contributed by atoms with Crippen LogP contribution in [0.25, 0.3) is 0 Å². The van der Waals surface area contributed by atoms with E-state index in [-0.39, 0.29) is 13.2 Å². The maximum Gasteiger partial charge on any atom is 0.245 e. The molecule has 1 aromatic rings. The maximum atomic E-state index is 12.8. The lowest BCUT2D eigenvalue weighted by Gasteiger charge is -2.06. The number of phenolic OH excluding ortho intramolecular Hbond substituents is 1. The number of aromatic hydroxyl groups is 1. The lowest BCUT2D eigenvalue weighted by Crippen LogP contribution is -2.24. The van der Waals surface area contributed by atoms with Crippen LogP contribution in [0, 0.1) is 5.82 Å². The van der Waals surface area contributed by atoms with Gasteiger partial charge in [-0.1, -0.05) is 12.1 Å². The van der Waals surface area contributed by atoms with Crippen LogP contribution in [0.3, 0.4) is 0 Å². The number of carbonyl (C=O) groups excluding carboxylic acids is 1. The van der Waals surface area contributed by atoms with Crippen LogP contribution < -0.4 is 11.2 Å². The lowest BCUT2D eigenvalue weighted by molar-refractivity contribution is -0.125. The Morgan fingerprint density at radius 3 is 3.00 bits per heavy atom. The first-order chi connectivity index (χ1) is 7.11. The summed E-state index contributed by atoms with van der Waals surface area (Å²) >= 11 is 0. The van der Waals surface area contributed by atoms with Gasteiger partial charge in [0.2, 0.25) is 5.91 Å². The molecule has 4 N–H and O–H groups in total. The third kappa shape index (κ3) is 3.53. The second-order valence-electron chi connectivity index (χ2n) is 2.82. The molecule has 0 atom stereocenters. The highest BCUT2D eigenvalue weighted by Gasteiger charge is 2.05. The standard InChI is InChI=1S/C9H11FN2O3/c10-7-3-1-2-6(9(7)14)4-12-15-5-8(11)13/h1-3,12,14H,4-5H2,(H2,11,13). The molecule has 0 bridgehead atoms. The molecule has 6 heteroatoms. The summed E-state index contributed by atoms with van der Waals surface area (Å²) in [5.41, 5.74) is 7.52. The number of benzene rings is 1. The van der Waals surface area contributed by atoms with Gasteiger partial charge in [-0.2, -0.15) is 5.48 Å². The average Bonchev–Trinajstić information content (AvgIpc) is 2.18. The first-order valence-electron chi connectivity index (χ1n) is 4.20. The molecule has 0 saturated carbocycles. The quantitative estimate of drug-likeness (QED) is 0.477.